The Hall–Kier alpha value is -2.20. The van der Waals surface area contributed by atoms with Crippen molar-refractivity contribution in [2.75, 3.05) is 51.2 Å². The molecule has 3 amide bonds. The van der Waals surface area contributed by atoms with Gasteiger partial charge in [0.15, 0.2) is 5.13 Å². The van der Waals surface area contributed by atoms with E-state index in [1.807, 2.05) is 0 Å². The third-order valence-electron chi connectivity index (χ3n) is 3.67. The molecule has 0 bridgehead atoms. The van der Waals surface area contributed by atoms with Crippen molar-refractivity contribution in [3.63, 3.8) is 0 Å². The summed E-state index contributed by atoms with van der Waals surface area (Å²) in [6.45, 7) is 1.86. The molecule has 2 N–H and O–H groups in total. The van der Waals surface area contributed by atoms with Crippen LogP contribution in [0.15, 0.2) is 29.6 Å². The van der Waals surface area contributed by atoms with E-state index >= 15 is 0 Å². The van der Waals surface area contributed by atoms with E-state index < -0.39 is 6.03 Å². The molecular weight excluding hydrogens is 404 g/mol. The van der Waals surface area contributed by atoms with Gasteiger partial charge in [0.05, 0.1) is 25.3 Å². The predicted molar refractivity (Wildman–Crippen MR) is 110 cm³/mol. The van der Waals surface area contributed by atoms with Crippen LogP contribution in [0.25, 0.3) is 0 Å². The monoisotopic (exact) mass is 426 g/mol. The number of nitrogens with zero attached hydrogens (tertiary/aromatic N) is 2. The molecule has 0 spiro atoms. The van der Waals surface area contributed by atoms with Gasteiger partial charge >= 0.3 is 6.03 Å². The summed E-state index contributed by atoms with van der Waals surface area (Å²) in [4.78, 5) is 30.5. The third-order valence-corrected chi connectivity index (χ3v) is 4.71. The number of aromatic nitrogens is 1. The number of rotatable bonds is 10. The van der Waals surface area contributed by atoms with Crippen molar-refractivity contribution in [1.82, 2.24) is 9.88 Å². The van der Waals surface area contributed by atoms with Crippen LogP contribution in [0, 0.1) is 0 Å². The highest BCUT2D eigenvalue weighted by Gasteiger charge is 2.16. The smallest absolute Gasteiger partial charge is 0.325 e. The highest BCUT2D eigenvalue weighted by Crippen LogP contribution is 2.18. The summed E-state index contributed by atoms with van der Waals surface area (Å²) in [7, 11) is 3.18. The number of halogens is 1. The van der Waals surface area contributed by atoms with Crippen LogP contribution in [0.2, 0.25) is 5.02 Å². The Kier molecular flexibility index (Phi) is 9.15. The molecule has 0 aliphatic heterocycles. The zero-order valence-corrected chi connectivity index (χ0v) is 17.3. The van der Waals surface area contributed by atoms with Crippen LogP contribution in [-0.4, -0.2) is 62.3 Å². The number of anilines is 2. The number of hydrogen-bond donors (Lipinski definition) is 2. The molecule has 0 saturated heterocycles. The fourth-order valence-electron chi connectivity index (χ4n) is 2.30. The normalized spacial score (nSPS) is 10.5. The van der Waals surface area contributed by atoms with Gasteiger partial charge in [-0.15, -0.1) is 11.3 Å². The van der Waals surface area contributed by atoms with E-state index in [9.17, 15) is 9.59 Å². The molecule has 1 aromatic heterocycles. The minimum Gasteiger partial charge on any atom is -0.383 e. The Morgan fingerprint density at radius 2 is 1.89 bits per heavy atom. The summed E-state index contributed by atoms with van der Waals surface area (Å²) < 4.78 is 10.1. The Morgan fingerprint density at radius 3 is 2.54 bits per heavy atom. The summed E-state index contributed by atoms with van der Waals surface area (Å²) in [5, 5.41) is 8.01. The van der Waals surface area contributed by atoms with Gasteiger partial charge in [0.2, 0.25) is 5.91 Å². The maximum Gasteiger partial charge on any atom is 0.325 e. The standard InChI is InChI=1S/C18H23ClN4O4S/c1-26-8-6-23(7-9-27-2)16(24)11-15-12-28-18(21-15)22-17(25)20-14-5-3-4-13(19)10-14/h3-5,10,12H,6-9,11H2,1-2H3,(H2,20,21,22,25). The largest absolute Gasteiger partial charge is 0.383 e. The summed E-state index contributed by atoms with van der Waals surface area (Å²) in [6, 6.07) is 6.39. The molecule has 0 radical (unpaired) electrons. The highest BCUT2D eigenvalue weighted by atomic mass is 35.5. The second kappa shape index (κ2) is 11.6. The summed E-state index contributed by atoms with van der Waals surface area (Å²) in [6.07, 6.45) is 0.140. The zero-order valence-electron chi connectivity index (χ0n) is 15.7. The first-order chi connectivity index (χ1) is 13.5. The van der Waals surface area contributed by atoms with Crippen molar-refractivity contribution in [2.24, 2.45) is 0 Å². The van der Waals surface area contributed by atoms with Crippen LogP contribution in [0.4, 0.5) is 15.6 Å². The van der Waals surface area contributed by atoms with Crippen molar-refractivity contribution in [2.45, 2.75) is 6.42 Å². The summed E-state index contributed by atoms with van der Waals surface area (Å²) >= 11 is 7.15. The van der Waals surface area contributed by atoms with E-state index in [0.717, 1.165) is 0 Å². The molecular formula is C18H23ClN4O4S. The quantitative estimate of drug-likeness (QED) is 0.609. The molecule has 152 valence electrons. The Morgan fingerprint density at radius 1 is 1.18 bits per heavy atom. The molecule has 8 nitrogen and oxygen atoms in total. The lowest BCUT2D eigenvalue weighted by molar-refractivity contribution is -0.131. The van der Waals surface area contributed by atoms with Gasteiger partial charge in [0.25, 0.3) is 0 Å². The Labute approximate surface area is 172 Å². The van der Waals surface area contributed by atoms with Crippen LogP contribution in [0.3, 0.4) is 0 Å². The number of urea groups is 1. The lowest BCUT2D eigenvalue weighted by Gasteiger charge is -2.21. The van der Waals surface area contributed by atoms with Crippen molar-refractivity contribution >= 4 is 45.7 Å². The van der Waals surface area contributed by atoms with Crippen molar-refractivity contribution in [3.8, 4) is 0 Å². The van der Waals surface area contributed by atoms with Crippen LogP contribution in [0.5, 0.6) is 0 Å². The second-order valence-electron chi connectivity index (χ2n) is 5.78. The maximum absolute atomic E-state index is 12.5. The number of carbonyl (C=O) groups excluding carboxylic acids is 2. The van der Waals surface area contributed by atoms with Gasteiger partial charge in [-0.1, -0.05) is 17.7 Å². The average Bonchev–Trinajstić information content (AvgIpc) is 3.08. The second-order valence-corrected chi connectivity index (χ2v) is 7.07. The molecule has 0 fully saturated rings. The van der Waals surface area contributed by atoms with E-state index in [-0.39, 0.29) is 12.3 Å². The van der Waals surface area contributed by atoms with Gasteiger partial charge in [0.1, 0.15) is 0 Å². The molecule has 0 aliphatic rings. The van der Waals surface area contributed by atoms with E-state index in [1.54, 1.807) is 48.8 Å². The number of nitrogens with one attached hydrogen (secondary N) is 2. The van der Waals surface area contributed by atoms with Gasteiger partial charge in [0, 0.05) is 43.4 Å². The number of hydrogen-bond acceptors (Lipinski definition) is 6. The van der Waals surface area contributed by atoms with Crippen LogP contribution in [-0.2, 0) is 20.7 Å². The first kappa shape index (κ1) is 22.1. The Bertz CT molecular complexity index is 778. The first-order valence-electron chi connectivity index (χ1n) is 8.55. The minimum atomic E-state index is -0.434. The van der Waals surface area contributed by atoms with Crippen LogP contribution >= 0.6 is 22.9 Å². The van der Waals surface area contributed by atoms with Gasteiger partial charge < -0.3 is 19.7 Å². The van der Waals surface area contributed by atoms with Crippen molar-refractivity contribution < 1.29 is 19.1 Å². The van der Waals surface area contributed by atoms with Crippen molar-refractivity contribution in [1.29, 1.82) is 0 Å². The van der Waals surface area contributed by atoms with Crippen LogP contribution < -0.4 is 10.6 Å². The van der Waals surface area contributed by atoms with Gasteiger partial charge in [-0.25, -0.2) is 9.78 Å². The fourth-order valence-corrected chi connectivity index (χ4v) is 3.20. The molecule has 2 rings (SSSR count). The lowest BCUT2D eigenvalue weighted by Crippen LogP contribution is -2.37. The third kappa shape index (κ3) is 7.43. The lowest BCUT2D eigenvalue weighted by atomic mass is 10.3. The minimum absolute atomic E-state index is 0.0747. The van der Waals surface area contributed by atoms with E-state index in [4.69, 9.17) is 21.1 Å². The van der Waals surface area contributed by atoms with E-state index in [2.05, 4.69) is 15.6 Å². The predicted octanol–water partition coefficient (Wildman–Crippen LogP) is 3.10. The van der Waals surface area contributed by atoms with Gasteiger partial charge in [-0.2, -0.15) is 0 Å². The molecule has 0 saturated carbocycles. The van der Waals surface area contributed by atoms with Crippen LogP contribution in [0.1, 0.15) is 5.69 Å². The zero-order chi connectivity index (χ0) is 20.4. The molecule has 0 aliphatic carbocycles. The number of methoxy groups -OCH3 is 2. The number of amides is 3. The van der Waals surface area contributed by atoms with Gasteiger partial charge in [-0.05, 0) is 18.2 Å². The average molecular weight is 427 g/mol. The van der Waals surface area contributed by atoms with E-state index in [1.165, 1.54) is 11.3 Å². The SMILES string of the molecule is COCCN(CCOC)C(=O)Cc1csc(NC(=O)Nc2cccc(Cl)c2)n1. The topological polar surface area (TPSA) is 92.8 Å². The number of carbonyl (C=O) groups is 2. The van der Waals surface area contributed by atoms with Gasteiger partial charge in [-0.3, -0.25) is 10.1 Å². The molecule has 0 unspecified atom stereocenters. The van der Waals surface area contributed by atoms with E-state index in [0.29, 0.717) is 47.8 Å². The molecule has 10 heteroatoms. The Balaban J connectivity index is 1.89. The summed E-state index contributed by atoms with van der Waals surface area (Å²) in [5.74, 6) is -0.0747. The number of benzene rings is 1. The van der Waals surface area contributed by atoms with Crippen molar-refractivity contribution in [3.05, 3.63) is 40.4 Å². The molecule has 2 aromatic rings. The first-order valence-corrected chi connectivity index (χ1v) is 9.81. The molecule has 1 aromatic carbocycles. The highest BCUT2D eigenvalue weighted by molar-refractivity contribution is 7.14. The molecule has 28 heavy (non-hydrogen) atoms. The maximum atomic E-state index is 12.5. The fraction of sp³-hybridized carbons (Fsp3) is 0.389. The summed E-state index contributed by atoms with van der Waals surface area (Å²) in [5.41, 5.74) is 1.16. The number of ether oxygens (including phenoxy) is 2. The molecule has 1 heterocycles. The molecule has 0 atom stereocenters. The number of thiazole rings is 1.